The zero-order valence-corrected chi connectivity index (χ0v) is 9.62. The molecule has 0 N–H and O–H groups in total. The molecule has 2 nitrogen and oxygen atoms in total. The second-order valence-corrected chi connectivity index (χ2v) is 4.52. The van der Waals surface area contributed by atoms with E-state index in [2.05, 4.69) is 6.92 Å². The topological polar surface area (TPSA) is 18.5 Å². The summed E-state index contributed by atoms with van der Waals surface area (Å²) in [7, 11) is 0. The van der Waals surface area contributed by atoms with Crippen LogP contribution >= 0.6 is 11.6 Å². The van der Waals surface area contributed by atoms with E-state index in [1.54, 1.807) is 0 Å². The molecule has 1 aliphatic rings. The van der Waals surface area contributed by atoms with E-state index in [1.807, 2.05) is 38.1 Å². The van der Waals surface area contributed by atoms with Crippen LogP contribution in [0.2, 0.25) is 5.02 Å². The molecule has 1 aromatic rings. The Morgan fingerprint density at radius 2 is 1.93 bits per heavy atom. The van der Waals surface area contributed by atoms with Gasteiger partial charge in [0.05, 0.1) is 6.10 Å². The van der Waals surface area contributed by atoms with Crippen LogP contribution in [-0.4, -0.2) is 11.9 Å². The maximum atomic E-state index is 6.10. The first-order chi connectivity index (χ1) is 6.99. The third-order valence-corrected chi connectivity index (χ3v) is 2.74. The molecule has 0 bridgehead atoms. The average molecular weight is 226 g/mol. The van der Waals surface area contributed by atoms with E-state index in [-0.39, 0.29) is 12.2 Å². The van der Waals surface area contributed by atoms with Gasteiger partial charge in [0, 0.05) is 10.6 Å². The van der Waals surface area contributed by atoms with Gasteiger partial charge in [-0.2, -0.15) is 0 Å². The van der Waals surface area contributed by atoms with Gasteiger partial charge in [-0.05, 0) is 26.8 Å². The average Bonchev–Trinajstić information content (AvgIpc) is 2.40. The van der Waals surface area contributed by atoms with E-state index in [1.165, 1.54) is 0 Å². The fourth-order valence-electron chi connectivity index (χ4n) is 1.81. The Hall–Kier alpha value is -0.570. The molecule has 0 spiro atoms. The maximum Gasteiger partial charge on any atom is 0.164 e. The molecule has 15 heavy (non-hydrogen) atoms. The molecule has 1 radical (unpaired) electrons. The predicted octanol–water partition coefficient (Wildman–Crippen LogP) is 3.37. The molecule has 2 atom stereocenters. The third kappa shape index (κ3) is 2.17. The van der Waals surface area contributed by atoms with Crippen LogP contribution in [0.4, 0.5) is 0 Å². The zero-order chi connectivity index (χ0) is 11.1. The van der Waals surface area contributed by atoms with E-state index < -0.39 is 5.79 Å². The summed E-state index contributed by atoms with van der Waals surface area (Å²) in [6, 6.07) is 7.61. The second-order valence-electron chi connectivity index (χ2n) is 4.12. The van der Waals surface area contributed by atoms with Crippen molar-refractivity contribution in [2.75, 3.05) is 0 Å². The summed E-state index contributed by atoms with van der Waals surface area (Å²) in [5.74, 6) is -0.587. The molecular weight excluding hydrogens is 212 g/mol. The molecule has 0 amide bonds. The Labute approximate surface area is 95.1 Å². The molecule has 1 fully saturated rings. The van der Waals surface area contributed by atoms with Crippen molar-refractivity contribution in [2.45, 2.75) is 31.8 Å². The lowest BCUT2D eigenvalue weighted by molar-refractivity contribution is -0.143. The van der Waals surface area contributed by atoms with Crippen molar-refractivity contribution >= 4 is 11.6 Å². The van der Waals surface area contributed by atoms with E-state index in [4.69, 9.17) is 21.1 Å². The van der Waals surface area contributed by atoms with Gasteiger partial charge in [-0.1, -0.05) is 29.8 Å². The van der Waals surface area contributed by atoms with Crippen molar-refractivity contribution in [3.8, 4) is 0 Å². The van der Waals surface area contributed by atoms with Gasteiger partial charge in [-0.25, -0.2) is 0 Å². The van der Waals surface area contributed by atoms with Gasteiger partial charge in [0.1, 0.15) is 6.10 Å². The lowest BCUT2D eigenvalue weighted by atomic mass is 10.1. The van der Waals surface area contributed by atoms with Crippen LogP contribution in [0.1, 0.15) is 25.5 Å². The zero-order valence-electron chi connectivity index (χ0n) is 8.87. The molecule has 1 heterocycles. The fraction of sp³-hybridized carbons (Fsp3) is 0.417. The largest absolute Gasteiger partial charge is 0.344 e. The quantitative estimate of drug-likeness (QED) is 0.730. The molecule has 0 aromatic heterocycles. The van der Waals surface area contributed by atoms with E-state index in [9.17, 15) is 0 Å². The molecule has 3 heteroatoms. The minimum atomic E-state index is -0.587. The fourth-order valence-corrected chi connectivity index (χ4v) is 2.05. The Bertz CT molecular complexity index is 362. The van der Waals surface area contributed by atoms with Crippen LogP contribution in [0, 0.1) is 6.92 Å². The first kappa shape index (κ1) is 10.9. The smallest absolute Gasteiger partial charge is 0.164 e. The molecule has 1 aliphatic heterocycles. The maximum absolute atomic E-state index is 6.10. The Balaban J connectivity index is 2.29. The molecule has 1 aromatic carbocycles. The SMILES string of the molecule is [CH2][C@H]1OC(C)(C)O[C@@H]1c1ccccc1Cl. The second kappa shape index (κ2) is 3.78. The summed E-state index contributed by atoms with van der Waals surface area (Å²) in [4.78, 5) is 0. The lowest BCUT2D eigenvalue weighted by Crippen LogP contribution is -2.20. The number of ether oxygens (including phenoxy) is 2. The highest BCUT2D eigenvalue weighted by Gasteiger charge is 2.40. The van der Waals surface area contributed by atoms with Gasteiger partial charge in [-0.3, -0.25) is 0 Å². The number of hydrogen-bond donors (Lipinski definition) is 0. The van der Waals surface area contributed by atoms with Crippen LogP contribution in [-0.2, 0) is 9.47 Å². The Morgan fingerprint density at radius 3 is 2.47 bits per heavy atom. The van der Waals surface area contributed by atoms with Crippen LogP contribution < -0.4 is 0 Å². The molecule has 2 rings (SSSR count). The summed E-state index contributed by atoms with van der Waals surface area (Å²) in [5, 5.41) is 0.692. The highest BCUT2D eigenvalue weighted by Crippen LogP contribution is 2.39. The highest BCUT2D eigenvalue weighted by atomic mass is 35.5. The number of hydrogen-bond acceptors (Lipinski definition) is 2. The van der Waals surface area contributed by atoms with E-state index in [0.29, 0.717) is 5.02 Å². The van der Waals surface area contributed by atoms with Crippen molar-refractivity contribution in [1.29, 1.82) is 0 Å². The van der Waals surface area contributed by atoms with Crippen LogP contribution in [0.25, 0.3) is 0 Å². The minimum absolute atomic E-state index is 0.186. The summed E-state index contributed by atoms with van der Waals surface area (Å²) in [5.41, 5.74) is 0.935. The molecule has 81 valence electrons. The van der Waals surface area contributed by atoms with Crippen molar-refractivity contribution < 1.29 is 9.47 Å². The van der Waals surface area contributed by atoms with Gasteiger partial charge in [0.2, 0.25) is 0 Å². The van der Waals surface area contributed by atoms with Crippen molar-refractivity contribution in [3.05, 3.63) is 41.8 Å². The monoisotopic (exact) mass is 225 g/mol. The van der Waals surface area contributed by atoms with Crippen molar-refractivity contribution in [2.24, 2.45) is 0 Å². The van der Waals surface area contributed by atoms with Gasteiger partial charge in [0.25, 0.3) is 0 Å². The minimum Gasteiger partial charge on any atom is -0.344 e. The summed E-state index contributed by atoms with van der Waals surface area (Å²) >= 11 is 6.10. The lowest BCUT2D eigenvalue weighted by Gasteiger charge is -2.17. The molecule has 0 saturated carbocycles. The van der Waals surface area contributed by atoms with Crippen molar-refractivity contribution in [1.82, 2.24) is 0 Å². The highest BCUT2D eigenvalue weighted by molar-refractivity contribution is 6.31. The normalized spacial score (nSPS) is 29.3. The third-order valence-electron chi connectivity index (χ3n) is 2.40. The van der Waals surface area contributed by atoms with Crippen LogP contribution in [0.5, 0.6) is 0 Å². The first-order valence-corrected chi connectivity index (χ1v) is 5.30. The van der Waals surface area contributed by atoms with Gasteiger partial charge < -0.3 is 9.47 Å². The standard InChI is InChI=1S/C12H14ClO2/c1-8-11(15-12(2,3)14-8)9-6-4-5-7-10(9)13/h4-8,11H,1H2,2-3H3/t8-,11+/m1/s1. The van der Waals surface area contributed by atoms with E-state index >= 15 is 0 Å². The number of benzene rings is 1. The van der Waals surface area contributed by atoms with Crippen molar-refractivity contribution in [3.63, 3.8) is 0 Å². The van der Waals surface area contributed by atoms with Crippen LogP contribution in [0.15, 0.2) is 24.3 Å². The Kier molecular flexibility index (Phi) is 2.75. The predicted molar refractivity (Wildman–Crippen MR) is 59.6 cm³/mol. The Morgan fingerprint density at radius 1 is 1.27 bits per heavy atom. The van der Waals surface area contributed by atoms with Gasteiger partial charge in [-0.15, -0.1) is 0 Å². The van der Waals surface area contributed by atoms with Crippen LogP contribution in [0.3, 0.4) is 0 Å². The molecule has 0 unspecified atom stereocenters. The summed E-state index contributed by atoms with van der Waals surface area (Å²) in [6.07, 6.45) is -0.409. The number of rotatable bonds is 1. The summed E-state index contributed by atoms with van der Waals surface area (Å²) in [6.45, 7) is 7.68. The molecule has 0 aliphatic carbocycles. The van der Waals surface area contributed by atoms with Gasteiger partial charge in [0.15, 0.2) is 5.79 Å². The summed E-state index contributed by atoms with van der Waals surface area (Å²) < 4.78 is 11.3. The molecule has 1 saturated heterocycles. The first-order valence-electron chi connectivity index (χ1n) is 4.93. The molecular formula is C12H14ClO2. The van der Waals surface area contributed by atoms with E-state index in [0.717, 1.165) is 5.56 Å². The van der Waals surface area contributed by atoms with Gasteiger partial charge >= 0.3 is 0 Å². The number of halogens is 1.